The Bertz CT molecular complexity index is 1230. The molecule has 0 saturated carbocycles. The minimum atomic E-state index is -4.52. The minimum absolute atomic E-state index is 0.0162. The Morgan fingerprint density at radius 3 is 2.62 bits per heavy atom. The normalized spacial score (nSPS) is 11.4. The summed E-state index contributed by atoms with van der Waals surface area (Å²) in [5.74, 6) is 0.0355. The standard InChI is InChI=1S/C22H16F3N3O4/c1-13-7-8-17(31-12-22(23,24)25)16(10-13)19(29)26-15-5-2-4-14(11-15)20-27-28-21(32-20)18-6-3-9-30-18/h2-11H,12H2,1H3,(H,26,29). The number of alkyl halides is 3. The second kappa shape index (κ2) is 8.58. The first-order valence-electron chi connectivity index (χ1n) is 9.38. The van der Waals surface area contributed by atoms with Gasteiger partial charge in [-0.25, -0.2) is 0 Å². The molecule has 10 heteroatoms. The number of rotatable bonds is 6. The van der Waals surface area contributed by atoms with Crippen LogP contribution in [0.1, 0.15) is 15.9 Å². The Balaban J connectivity index is 1.54. The summed E-state index contributed by atoms with van der Waals surface area (Å²) in [6.45, 7) is 0.220. The second-order valence-corrected chi connectivity index (χ2v) is 6.83. The van der Waals surface area contributed by atoms with Crippen LogP contribution in [-0.4, -0.2) is 28.9 Å². The monoisotopic (exact) mass is 443 g/mol. The van der Waals surface area contributed by atoms with Gasteiger partial charge in [0, 0.05) is 11.3 Å². The first kappa shape index (κ1) is 21.2. The van der Waals surface area contributed by atoms with E-state index in [1.807, 2.05) is 0 Å². The number of hydrogen-bond donors (Lipinski definition) is 1. The Labute approximate surface area is 179 Å². The Hall–Kier alpha value is -4.08. The molecule has 0 spiro atoms. The van der Waals surface area contributed by atoms with Gasteiger partial charge >= 0.3 is 6.18 Å². The molecule has 0 atom stereocenters. The molecule has 1 N–H and O–H groups in total. The molecule has 0 saturated heterocycles. The summed E-state index contributed by atoms with van der Waals surface area (Å²) in [4.78, 5) is 12.8. The summed E-state index contributed by atoms with van der Waals surface area (Å²) >= 11 is 0. The number of amides is 1. The third-order valence-electron chi connectivity index (χ3n) is 4.30. The van der Waals surface area contributed by atoms with Crippen molar-refractivity contribution in [2.24, 2.45) is 0 Å². The van der Waals surface area contributed by atoms with E-state index >= 15 is 0 Å². The van der Waals surface area contributed by atoms with Crippen molar-refractivity contribution in [3.8, 4) is 28.9 Å². The summed E-state index contributed by atoms with van der Waals surface area (Å²) < 4.78 is 53.3. The van der Waals surface area contributed by atoms with Crippen LogP contribution in [-0.2, 0) is 0 Å². The van der Waals surface area contributed by atoms with Gasteiger partial charge < -0.3 is 18.9 Å². The van der Waals surface area contributed by atoms with Crippen LogP contribution in [0.25, 0.3) is 23.1 Å². The molecule has 2 aromatic carbocycles. The smallest absolute Gasteiger partial charge is 0.422 e. The van der Waals surface area contributed by atoms with E-state index in [1.54, 1.807) is 49.4 Å². The third kappa shape index (κ3) is 4.97. The number of ether oxygens (including phenoxy) is 1. The molecule has 4 rings (SSSR count). The first-order valence-corrected chi connectivity index (χ1v) is 9.38. The van der Waals surface area contributed by atoms with Crippen LogP contribution in [0, 0.1) is 6.92 Å². The highest BCUT2D eigenvalue weighted by Gasteiger charge is 2.29. The van der Waals surface area contributed by atoms with Crippen molar-refractivity contribution in [1.29, 1.82) is 0 Å². The van der Waals surface area contributed by atoms with Crippen molar-refractivity contribution in [1.82, 2.24) is 10.2 Å². The molecule has 4 aromatic rings. The highest BCUT2D eigenvalue weighted by Crippen LogP contribution is 2.28. The number of benzene rings is 2. The predicted octanol–water partition coefficient (Wildman–Crippen LogP) is 5.50. The van der Waals surface area contributed by atoms with Crippen LogP contribution in [0.5, 0.6) is 5.75 Å². The maximum atomic E-state index is 12.8. The fourth-order valence-corrected chi connectivity index (χ4v) is 2.87. The van der Waals surface area contributed by atoms with Gasteiger partial charge in [0.05, 0.1) is 11.8 Å². The van der Waals surface area contributed by atoms with Crippen molar-refractivity contribution in [2.75, 3.05) is 11.9 Å². The fraction of sp³-hybridized carbons (Fsp3) is 0.136. The fourth-order valence-electron chi connectivity index (χ4n) is 2.87. The van der Waals surface area contributed by atoms with Crippen LogP contribution in [0.2, 0.25) is 0 Å². The van der Waals surface area contributed by atoms with E-state index in [-0.39, 0.29) is 23.1 Å². The van der Waals surface area contributed by atoms with Crippen molar-refractivity contribution < 1.29 is 31.5 Å². The molecule has 1 amide bonds. The number of aromatic nitrogens is 2. The van der Waals surface area contributed by atoms with Crippen molar-refractivity contribution in [2.45, 2.75) is 13.1 Å². The van der Waals surface area contributed by atoms with E-state index in [9.17, 15) is 18.0 Å². The van der Waals surface area contributed by atoms with Gasteiger partial charge in [-0.1, -0.05) is 17.7 Å². The molecule has 0 aliphatic carbocycles. The minimum Gasteiger partial charge on any atom is -0.483 e. The van der Waals surface area contributed by atoms with Crippen molar-refractivity contribution >= 4 is 11.6 Å². The van der Waals surface area contributed by atoms with Gasteiger partial charge in [-0.05, 0) is 49.4 Å². The van der Waals surface area contributed by atoms with E-state index in [0.29, 0.717) is 22.6 Å². The van der Waals surface area contributed by atoms with Crippen LogP contribution < -0.4 is 10.1 Å². The molecule has 0 radical (unpaired) electrons. The number of nitrogens with one attached hydrogen (secondary N) is 1. The van der Waals surface area contributed by atoms with E-state index in [0.717, 1.165) is 0 Å². The van der Waals surface area contributed by atoms with E-state index < -0.39 is 18.7 Å². The lowest BCUT2D eigenvalue weighted by atomic mass is 10.1. The molecule has 2 heterocycles. The van der Waals surface area contributed by atoms with E-state index in [1.165, 1.54) is 18.4 Å². The Morgan fingerprint density at radius 1 is 1.06 bits per heavy atom. The topological polar surface area (TPSA) is 90.4 Å². The van der Waals surface area contributed by atoms with E-state index in [4.69, 9.17) is 13.6 Å². The highest BCUT2D eigenvalue weighted by atomic mass is 19.4. The third-order valence-corrected chi connectivity index (χ3v) is 4.30. The molecule has 32 heavy (non-hydrogen) atoms. The van der Waals surface area contributed by atoms with Gasteiger partial charge in [0.25, 0.3) is 11.8 Å². The zero-order chi connectivity index (χ0) is 22.7. The largest absolute Gasteiger partial charge is 0.483 e. The molecule has 0 aliphatic heterocycles. The zero-order valence-electron chi connectivity index (χ0n) is 16.6. The average Bonchev–Trinajstić information content (AvgIpc) is 3.44. The Kier molecular flexibility index (Phi) is 5.67. The number of halogens is 3. The summed E-state index contributed by atoms with van der Waals surface area (Å²) in [7, 11) is 0. The number of anilines is 1. The number of hydrogen-bond acceptors (Lipinski definition) is 6. The van der Waals surface area contributed by atoms with Gasteiger partial charge in [0.1, 0.15) is 5.75 Å². The zero-order valence-corrected chi connectivity index (χ0v) is 16.6. The van der Waals surface area contributed by atoms with Gasteiger partial charge in [-0.3, -0.25) is 4.79 Å². The number of carbonyl (C=O) groups excluding carboxylic acids is 1. The molecule has 0 unspecified atom stereocenters. The summed E-state index contributed by atoms with van der Waals surface area (Å²) in [6, 6.07) is 14.3. The first-order chi connectivity index (χ1) is 15.3. The summed E-state index contributed by atoms with van der Waals surface area (Å²) in [6.07, 6.45) is -3.04. The highest BCUT2D eigenvalue weighted by molar-refractivity contribution is 6.06. The molecular formula is C22H16F3N3O4. The summed E-state index contributed by atoms with van der Waals surface area (Å²) in [5.41, 5.74) is 1.59. The SMILES string of the molecule is Cc1ccc(OCC(F)(F)F)c(C(=O)Nc2cccc(-c3nnc(-c4ccco4)o3)c2)c1. The lowest BCUT2D eigenvalue weighted by molar-refractivity contribution is -0.153. The van der Waals surface area contributed by atoms with Gasteiger partial charge in [0.2, 0.25) is 5.89 Å². The molecule has 0 bridgehead atoms. The maximum Gasteiger partial charge on any atom is 0.422 e. The predicted molar refractivity (Wildman–Crippen MR) is 108 cm³/mol. The van der Waals surface area contributed by atoms with Crippen LogP contribution in [0.3, 0.4) is 0 Å². The van der Waals surface area contributed by atoms with Crippen LogP contribution >= 0.6 is 0 Å². The van der Waals surface area contributed by atoms with Crippen molar-refractivity contribution in [3.63, 3.8) is 0 Å². The lowest BCUT2D eigenvalue weighted by Gasteiger charge is -2.14. The van der Waals surface area contributed by atoms with Gasteiger partial charge in [-0.2, -0.15) is 13.2 Å². The molecular weight excluding hydrogens is 427 g/mol. The van der Waals surface area contributed by atoms with Crippen LogP contribution in [0.15, 0.2) is 69.7 Å². The lowest BCUT2D eigenvalue weighted by Crippen LogP contribution is -2.21. The number of furan rings is 1. The summed E-state index contributed by atoms with van der Waals surface area (Å²) in [5, 5.41) is 10.6. The quantitative estimate of drug-likeness (QED) is 0.423. The molecule has 7 nitrogen and oxygen atoms in total. The molecule has 2 aromatic heterocycles. The maximum absolute atomic E-state index is 12.8. The van der Waals surface area contributed by atoms with Gasteiger partial charge in [0.15, 0.2) is 12.4 Å². The van der Waals surface area contributed by atoms with E-state index in [2.05, 4.69) is 15.5 Å². The number of nitrogens with zero attached hydrogens (tertiary/aromatic N) is 2. The average molecular weight is 443 g/mol. The Morgan fingerprint density at radius 2 is 1.88 bits per heavy atom. The molecule has 0 fully saturated rings. The van der Waals surface area contributed by atoms with Crippen molar-refractivity contribution in [3.05, 3.63) is 72.0 Å². The molecule has 0 aliphatic rings. The van der Waals surface area contributed by atoms with Gasteiger partial charge in [-0.15, -0.1) is 10.2 Å². The molecule has 164 valence electrons. The second-order valence-electron chi connectivity index (χ2n) is 6.83. The number of carbonyl (C=O) groups is 1. The van der Waals surface area contributed by atoms with Crippen LogP contribution in [0.4, 0.5) is 18.9 Å². The number of aryl methyl sites for hydroxylation is 1.